The normalized spacial score (nSPS) is 11.9. The summed E-state index contributed by atoms with van der Waals surface area (Å²) in [6, 6.07) is 21.3. The van der Waals surface area contributed by atoms with Crippen molar-refractivity contribution in [1.29, 1.82) is 0 Å². The molecule has 0 aliphatic heterocycles. The second-order valence-corrected chi connectivity index (χ2v) is 8.72. The van der Waals surface area contributed by atoms with E-state index in [9.17, 15) is 9.59 Å². The Balaban J connectivity index is 1.52. The summed E-state index contributed by atoms with van der Waals surface area (Å²) in [5.74, 6) is -0.133. The van der Waals surface area contributed by atoms with Crippen molar-refractivity contribution in [2.24, 2.45) is 11.0 Å². The standard InChI is InChI=1S/C27H28ClN3O3/c1-18(2)25(30-26(32)22-9-11-23(28)12-10-22)27(33)31-29-16-20-7-13-24(14-8-20)34-17-21-6-4-5-19(3)15-21/h4-16,18,25H,17H2,1-3H3,(H,30,32)(H,31,33). The Labute approximate surface area is 205 Å². The zero-order valence-electron chi connectivity index (χ0n) is 19.4. The minimum atomic E-state index is -0.738. The Hall–Kier alpha value is -3.64. The van der Waals surface area contributed by atoms with Crippen molar-refractivity contribution in [3.63, 3.8) is 0 Å². The number of ether oxygens (including phenoxy) is 1. The van der Waals surface area contributed by atoms with Gasteiger partial charge < -0.3 is 10.1 Å². The molecule has 0 fully saturated rings. The fourth-order valence-corrected chi connectivity index (χ4v) is 3.35. The molecular formula is C27H28ClN3O3. The number of halogens is 1. The number of aryl methyl sites for hydroxylation is 1. The van der Waals surface area contributed by atoms with E-state index in [1.165, 1.54) is 5.56 Å². The number of hydrogen-bond acceptors (Lipinski definition) is 4. The molecule has 6 nitrogen and oxygen atoms in total. The zero-order chi connectivity index (χ0) is 24.5. The molecule has 7 heteroatoms. The van der Waals surface area contributed by atoms with Crippen LogP contribution < -0.4 is 15.5 Å². The number of carbonyl (C=O) groups excluding carboxylic acids is 2. The number of nitrogens with one attached hydrogen (secondary N) is 2. The van der Waals surface area contributed by atoms with Gasteiger partial charge in [0.1, 0.15) is 18.4 Å². The summed E-state index contributed by atoms with van der Waals surface area (Å²) < 4.78 is 5.82. The Morgan fingerprint density at radius 1 is 1.03 bits per heavy atom. The molecule has 0 saturated heterocycles. The summed E-state index contributed by atoms with van der Waals surface area (Å²) in [5.41, 5.74) is 6.04. The molecule has 2 amide bonds. The molecule has 3 aromatic carbocycles. The fourth-order valence-electron chi connectivity index (χ4n) is 3.22. The van der Waals surface area contributed by atoms with Crippen LogP contribution in [-0.4, -0.2) is 24.1 Å². The van der Waals surface area contributed by atoms with Crippen LogP contribution in [0.4, 0.5) is 0 Å². The molecule has 34 heavy (non-hydrogen) atoms. The number of carbonyl (C=O) groups is 2. The molecule has 0 heterocycles. The van der Waals surface area contributed by atoms with Crippen molar-refractivity contribution in [2.75, 3.05) is 0 Å². The van der Waals surface area contributed by atoms with Gasteiger partial charge in [-0.05, 0) is 72.5 Å². The summed E-state index contributed by atoms with van der Waals surface area (Å²) in [4.78, 5) is 25.1. The Morgan fingerprint density at radius 2 is 1.74 bits per heavy atom. The molecule has 3 rings (SSSR count). The van der Waals surface area contributed by atoms with Crippen LogP contribution in [-0.2, 0) is 11.4 Å². The Morgan fingerprint density at radius 3 is 2.38 bits per heavy atom. The second-order valence-electron chi connectivity index (χ2n) is 8.28. The van der Waals surface area contributed by atoms with Gasteiger partial charge in [-0.3, -0.25) is 9.59 Å². The van der Waals surface area contributed by atoms with Crippen molar-refractivity contribution in [3.05, 3.63) is 100 Å². The quantitative estimate of drug-likeness (QED) is 0.331. The summed E-state index contributed by atoms with van der Waals surface area (Å²) in [6.07, 6.45) is 1.54. The van der Waals surface area contributed by atoms with E-state index in [2.05, 4.69) is 21.9 Å². The first-order valence-electron chi connectivity index (χ1n) is 11.0. The van der Waals surface area contributed by atoms with E-state index >= 15 is 0 Å². The van der Waals surface area contributed by atoms with E-state index in [0.717, 1.165) is 16.9 Å². The van der Waals surface area contributed by atoms with Crippen LogP contribution in [0.5, 0.6) is 5.75 Å². The molecule has 0 radical (unpaired) electrons. The molecule has 0 aliphatic rings. The largest absolute Gasteiger partial charge is 0.489 e. The van der Waals surface area contributed by atoms with Gasteiger partial charge in [-0.2, -0.15) is 5.10 Å². The SMILES string of the molecule is Cc1cccc(COc2ccc(C=NNC(=O)C(NC(=O)c3ccc(Cl)cc3)C(C)C)cc2)c1. The zero-order valence-corrected chi connectivity index (χ0v) is 20.2. The highest BCUT2D eigenvalue weighted by Crippen LogP contribution is 2.14. The predicted octanol–water partition coefficient (Wildman–Crippen LogP) is 5.13. The summed E-state index contributed by atoms with van der Waals surface area (Å²) in [7, 11) is 0. The van der Waals surface area contributed by atoms with Gasteiger partial charge in [0.05, 0.1) is 6.21 Å². The minimum absolute atomic E-state index is 0.128. The number of hydrazone groups is 1. The van der Waals surface area contributed by atoms with Crippen molar-refractivity contribution < 1.29 is 14.3 Å². The van der Waals surface area contributed by atoms with E-state index in [1.54, 1.807) is 30.5 Å². The summed E-state index contributed by atoms with van der Waals surface area (Å²) >= 11 is 5.87. The highest BCUT2D eigenvalue weighted by atomic mass is 35.5. The molecule has 0 bridgehead atoms. The van der Waals surface area contributed by atoms with Crippen molar-refractivity contribution in [3.8, 4) is 5.75 Å². The maximum Gasteiger partial charge on any atom is 0.262 e. The number of benzene rings is 3. The van der Waals surface area contributed by atoms with Crippen molar-refractivity contribution >= 4 is 29.6 Å². The first-order valence-corrected chi connectivity index (χ1v) is 11.4. The maximum atomic E-state index is 12.6. The average molecular weight is 478 g/mol. The van der Waals surface area contributed by atoms with Crippen LogP contribution in [0.3, 0.4) is 0 Å². The van der Waals surface area contributed by atoms with E-state index in [4.69, 9.17) is 16.3 Å². The highest BCUT2D eigenvalue weighted by Gasteiger charge is 2.24. The number of hydrogen-bond donors (Lipinski definition) is 2. The molecule has 176 valence electrons. The van der Waals surface area contributed by atoms with E-state index < -0.39 is 11.9 Å². The maximum absolute atomic E-state index is 12.6. The molecule has 0 aliphatic carbocycles. The highest BCUT2D eigenvalue weighted by molar-refractivity contribution is 6.30. The molecule has 2 N–H and O–H groups in total. The number of rotatable bonds is 9. The van der Waals surface area contributed by atoms with Crippen LogP contribution in [0, 0.1) is 12.8 Å². The van der Waals surface area contributed by atoms with Crippen LogP contribution in [0.15, 0.2) is 77.9 Å². The van der Waals surface area contributed by atoms with Crippen molar-refractivity contribution in [1.82, 2.24) is 10.7 Å². The topological polar surface area (TPSA) is 79.8 Å². The Kier molecular flexibility index (Phi) is 8.82. The Bertz CT molecular complexity index is 1140. The van der Waals surface area contributed by atoms with Crippen LogP contribution >= 0.6 is 11.6 Å². The monoisotopic (exact) mass is 477 g/mol. The third-order valence-corrected chi connectivity index (χ3v) is 5.35. The van der Waals surface area contributed by atoms with Crippen LogP contribution in [0.1, 0.15) is 40.9 Å². The van der Waals surface area contributed by atoms with Crippen LogP contribution in [0.2, 0.25) is 5.02 Å². The van der Waals surface area contributed by atoms with Gasteiger partial charge in [0.2, 0.25) is 0 Å². The first kappa shape index (κ1) is 25.0. The molecule has 0 aromatic heterocycles. The fraction of sp³-hybridized carbons (Fsp3) is 0.222. The van der Waals surface area contributed by atoms with Gasteiger partial charge in [0, 0.05) is 10.6 Å². The molecule has 0 saturated carbocycles. The first-order chi connectivity index (χ1) is 16.3. The van der Waals surface area contributed by atoms with Crippen molar-refractivity contribution in [2.45, 2.75) is 33.4 Å². The lowest BCUT2D eigenvalue weighted by atomic mass is 10.0. The molecule has 1 atom stereocenters. The third kappa shape index (κ3) is 7.46. The number of amides is 2. The van der Waals surface area contributed by atoms with Gasteiger partial charge in [-0.15, -0.1) is 0 Å². The molecular weight excluding hydrogens is 450 g/mol. The van der Waals surface area contributed by atoms with Crippen LogP contribution in [0.25, 0.3) is 0 Å². The lowest BCUT2D eigenvalue weighted by Gasteiger charge is -2.20. The molecule has 0 spiro atoms. The minimum Gasteiger partial charge on any atom is -0.489 e. The summed E-state index contributed by atoms with van der Waals surface area (Å²) in [5, 5.41) is 7.33. The van der Waals surface area contributed by atoms with E-state index in [1.807, 2.05) is 63.2 Å². The van der Waals surface area contributed by atoms with Gasteiger partial charge in [-0.25, -0.2) is 5.43 Å². The van der Waals surface area contributed by atoms with Gasteiger partial charge >= 0.3 is 0 Å². The second kappa shape index (κ2) is 12.0. The van der Waals surface area contributed by atoms with E-state index in [0.29, 0.717) is 17.2 Å². The lowest BCUT2D eigenvalue weighted by molar-refractivity contribution is -0.123. The smallest absolute Gasteiger partial charge is 0.262 e. The molecule has 3 aromatic rings. The van der Waals surface area contributed by atoms with E-state index in [-0.39, 0.29) is 11.8 Å². The predicted molar refractivity (Wildman–Crippen MR) is 135 cm³/mol. The lowest BCUT2D eigenvalue weighted by Crippen LogP contribution is -2.48. The van der Waals surface area contributed by atoms with Gasteiger partial charge in [0.25, 0.3) is 11.8 Å². The average Bonchev–Trinajstić information content (AvgIpc) is 2.82. The summed E-state index contributed by atoms with van der Waals surface area (Å²) in [6.45, 7) is 6.24. The number of nitrogens with zero attached hydrogens (tertiary/aromatic N) is 1. The molecule has 1 unspecified atom stereocenters. The van der Waals surface area contributed by atoms with Gasteiger partial charge in [-0.1, -0.05) is 55.3 Å². The van der Waals surface area contributed by atoms with Gasteiger partial charge in [0.15, 0.2) is 0 Å². The third-order valence-electron chi connectivity index (χ3n) is 5.10.